The number of ether oxygens (including phenoxy) is 1. The summed E-state index contributed by atoms with van der Waals surface area (Å²) in [6.45, 7) is 1.54. The molecule has 6 nitrogen and oxygen atoms in total. The molecule has 2 fully saturated rings. The van der Waals surface area contributed by atoms with Gasteiger partial charge in [-0.15, -0.1) is 0 Å². The van der Waals surface area contributed by atoms with Crippen LogP contribution in [0, 0.1) is 11.3 Å². The van der Waals surface area contributed by atoms with E-state index in [0.717, 1.165) is 25.7 Å². The molecule has 0 aromatic heterocycles. The molecule has 0 radical (unpaired) electrons. The SMILES string of the molecule is CN(C)C(=O)C1CCCC(NC(=O)C2(CN)CCOCC2)C1. The fourth-order valence-corrected chi connectivity index (χ4v) is 3.53. The van der Waals surface area contributed by atoms with E-state index < -0.39 is 5.41 Å². The van der Waals surface area contributed by atoms with Gasteiger partial charge in [-0.2, -0.15) is 0 Å². The fourth-order valence-electron chi connectivity index (χ4n) is 3.53. The molecule has 6 heteroatoms. The summed E-state index contributed by atoms with van der Waals surface area (Å²) in [6.07, 6.45) is 4.94. The van der Waals surface area contributed by atoms with Crippen LogP contribution >= 0.6 is 0 Å². The summed E-state index contributed by atoms with van der Waals surface area (Å²) in [7, 11) is 3.58. The first-order valence-electron chi connectivity index (χ1n) is 8.28. The average Bonchev–Trinajstić information content (AvgIpc) is 2.54. The summed E-state index contributed by atoms with van der Waals surface area (Å²) >= 11 is 0. The Labute approximate surface area is 132 Å². The maximum absolute atomic E-state index is 12.7. The molecular formula is C16H29N3O3. The van der Waals surface area contributed by atoms with Crippen LogP contribution < -0.4 is 11.1 Å². The highest BCUT2D eigenvalue weighted by atomic mass is 16.5. The molecule has 2 atom stereocenters. The molecule has 2 rings (SSSR count). The lowest BCUT2D eigenvalue weighted by Crippen LogP contribution is -2.53. The van der Waals surface area contributed by atoms with E-state index in [4.69, 9.17) is 10.5 Å². The standard InChI is InChI=1S/C16H29N3O3/c1-19(2)14(20)12-4-3-5-13(10-12)18-15(21)16(11-17)6-8-22-9-7-16/h12-13H,3-11,17H2,1-2H3,(H,18,21). The van der Waals surface area contributed by atoms with Gasteiger partial charge in [0.15, 0.2) is 0 Å². The van der Waals surface area contributed by atoms with Crippen LogP contribution in [0.15, 0.2) is 0 Å². The van der Waals surface area contributed by atoms with Gasteiger partial charge >= 0.3 is 0 Å². The predicted molar refractivity (Wildman–Crippen MR) is 84.1 cm³/mol. The molecule has 126 valence electrons. The second-order valence-electron chi connectivity index (χ2n) is 6.86. The first-order valence-corrected chi connectivity index (χ1v) is 8.28. The molecule has 1 saturated carbocycles. The Morgan fingerprint density at radius 2 is 1.95 bits per heavy atom. The fraction of sp³-hybridized carbons (Fsp3) is 0.875. The molecule has 2 aliphatic rings. The van der Waals surface area contributed by atoms with Crippen LogP contribution in [0.1, 0.15) is 38.5 Å². The third-order valence-electron chi connectivity index (χ3n) is 5.12. The van der Waals surface area contributed by atoms with Crippen molar-refractivity contribution < 1.29 is 14.3 Å². The lowest BCUT2D eigenvalue weighted by molar-refractivity contribution is -0.139. The molecule has 0 bridgehead atoms. The van der Waals surface area contributed by atoms with Crippen molar-refractivity contribution in [3.8, 4) is 0 Å². The second-order valence-corrected chi connectivity index (χ2v) is 6.86. The largest absolute Gasteiger partial charge is 0.381 e. The maximum Gasteiger partial charge on any atom is 0.227 e. The van der Waals surface area contributed by atoms with Crippen LogP contribution in [0.3, 0.4) is 0 Å². The number of hydrogen-bond donors (Lipinski definition) is 2. The van der Waals surface area contributed by atoms with Gasteiger partial charge in [0, 0.05) is 45.8 Å². The van der Waals surface area contributed by atoms with Gasteiger partial charge in [-0.1, -0.05) is 6.42 Å². The zero-order valence-electron chi connectivity index (χ0n) is 13.8. The Hall–Kier alpha value is -1.14. The van der Waals surface area contributed by atoms with Crippen LogP contribution in [0.5, 0.6) is 0 Å². The predicted octanol–water partition coefficient (Wildman–Crippen LogP) is 0.505. The van der Waals surface area contributed by atoms with Crippen molar-refractivity contribution in [1.29, 1.82) is 0 Å². The summed E-state index contributed by atoms with van der Waals surface area (Å²) in [4.78, 5) is 26.5. The monoisotopic (exact) mass is 311 g/mol. The Bertz CT molecular complexity index is 405. The van der Waals surface area contributed by atoms with Gasteiger partial charge in [0.1, 0.15) is 0 Å². The van der Waals surface area contributed by atoms with Crippen LogP contribution in [0.4, 0.5) is 0 Å². The molecular weight excluding hydrogens is 282 g/mol. The Balaban J connectivity index is 1.94. The van der Waals surface area contributed by atoms with Crippen molar-refractivity contribution in [2.75, 3.05) is 33.9 Å². The van der Waals surface area contributed by atoms with E-state index in [1.807, 2.05) is 0 Å². The van der Waals surface area contributed by atoms with Crippen molar-refractivity contribution >= 4 is 11.8 Å². The molecule has 2 unspecified atom stereocenters. The van der Waals surface area contributed by atoms with Crippen LogP contribution in [-0.4, -0.2) is 56.6 Å². The molecule has 22 heavy (non-hydrogen) atoms. The normalized spacial score (nSPS) is 28.0. The van der Waals surface area contributed by atoms with Gasteiger partial charge in [0.2, 0.25) is 11.8 Å². The lowest BCUT2D eigenvalue weighted by Gasteiger charge is -2.37. The lowest BCUT2D eigenvalue weighted by atomic mass is 9.78. The van der Waals surface area contributed by atoms with Crippen molar-refractivity contribution in [2.45, 2.75) is 44.6 Å². The van der Waals surface area contributed by atoms with E-state index >= 15 is 0 Å². The summed E-state index contributed by atoms with van der Waals surface area (Å²) in [5.74, 6) is 0.234. The Morgan fingerprint density at radius 3 is 2.55 bits per heavy atom. The number of nitrogens with zero attached hydrogens (tertiary/aromatic N) is 1. The van der Waals surface area contributed by atoms with Crippen molar-refractivity contribution in [1.82, 2.24) is 10.2 Å². The van der Waals surface area contributed by atoms with Crippen molar-refractivity contribution in [3.05, 3.63) is 0 Å². The van der Waals surface area contributed by atoms with E-state index in [1.165, 1.54) is 0 Å². The van der Waals surface area contributed by atoms with Crippen LogP contribution in [0.25, 0.3) is 0 Å². The van der Waals surface area contributed by atoms with Crippen LogP contribution in [0.2, 0.25) is 0 Å². The molecule has 3 N–H and O–H groups in total. The third-order valence-corrected chi connectivity index (χ3v) is 5.12. The molecule has 1 heterocycles. The highest BCUT2D eigenvalue weighted by Crippen LogP contribution is 2.31. The second kappa shape index (κ2) is 7.42. The van der Waals surface area contributed by atoms with E-state index in [0.29, 0.717) is 32.6 Å². The molecule has 2 amide bonds. The van der Waals surface area contributed by atoms with Gasteiger partial charge in [0.25, 0.3) is 0 Å². The summed E-state index contributed by atoms with van der Waals surface area (Å²) in [5, 5.41) is 3.16. The summed E-state index contributed by atoms with van der Waals surface area (Å²) in [6, 6.07) is 0.0846. The van der Waals surface area contributed by atoms with Gasteiger partial charge in [-0.05, 0) is 32.1 Å². The van der Waals surface area contributed by atoms with Gasteiger partial charge < -0.3 is 20.7 Å². The van der Waals surface area contributed by atoms with Crippen LogP contribution in [-0.2, 0) is 14.3 Å². The topological polar surface area (TPSA) is 84.7 Å². The molecule has 0 aromatic carbocycles. The molecule has 1 saturated heterocycles. The first kappa shape index (κ1) is 17.2. The maximum atomic E-state index is 12.7. The van der Waals surface area contributed by atoms with E-state index in [1.54, 1.807) is 19.0 Å². The molecule has 0 spiro atoms. The first-order chi connectivity index (χ1) is 10.5. The summed E-state index contributed by atoms with van der Waals surface area (Å²) in [5.41, 5.74) is 5.39. The number of nitrogens with two attached hydrogens (primary N) is 1. The number of nitrogens with one attached hydrogen (secondary N) is 1. The quantitative estimate of drug-likeness (QED) is 0.792. The Kier molecular flexibility index (Phi) is 5.81. The van der Waals surface area contributed by atoms with E-state index in [-0.39, 0.29) is 23.8 Å². The van der Waals surface area contributed by atoms with Crippen molar-refractivity contribution in [2.24, 2.45) is 17.1 Å². The third kappa shape index (κ3) is 3.79. The zero-order chi connectivity index (χ0) is 16.2. The van der Waals surface area contributed by atoms with E-state index in [2.05, 4.69) is 5.32 Å². The summed E-state index contributed by atoms with van der Waals surface area (Å²) < 4.78 is 5.36. The molecule has 1 aliphatic carbocycles. The smallest absolute Gasteiger partial charge is 0.227 e. The van der Waals surface area contributed by atoms with Gasteiger partial charge in [0.05, 0.1) is 5.41 Å². The highest BCUT2D eigenvalue weighted by molar-refractivity contribution is 5.83. The Morgan fingerprint density at radius 1 is 1.27 bits per heavy atom. The minimum absolute atomic E-state index is 0.0255. The van der Waals surface area contributed by atoms with E-state index in [9.17, 15) is 9.59 Å². The number of carbonyl (C=O) groups is 2. The van der Waals surface area contributed by atoms with Gasteiger partial charge in [-0.3, -0.25) is 9.59 Å². The molecule has 0 aromatic rings. The zero-order valence-corrected chi connectivity index (χ0v) is 13.8. The minimum Gasteiger partial charge on any atom is -0.381 e. The molecule has 1 aliphatic heterocycles. The highest BCUT2D eigenvalue weighted by Gasteiger charge is 2.40. The van der Waals surface area contributed by atoms with Crippen molar-refractivity contribution in [3.63, 3.8) is 0 Å². The van der Waals surface area contributed by atoms with Gasteiger partial charge in [-0.25, -0.2) is 0 Å². The minimum atomic E-state index is -0.489. The average molecular weight is 311 g/mol. The number of carbonyl (C=O) groups excluding carboxylic acids is 2. The number of hydrogen-bond acceptors (Lipinski definition) is 4. The number of rotatable bonds is 4. The number of amides is 2.